The molecule has 7 heteroatoms. The zero-order valence-electron chi connectivity index (χ0n) is 18.3. The van der Waals surface area contributed by atoms with Crippen LogP contribution >= 0.6 is 0 Å². The summed E-state index contributed by atoms with van der Waals surface area (Å²) >= 11 is 0. The highest BCUT2D eigenvalue weighted by Gasteiger charge is 2.16. The van der Waals surface area contributed by atoms with Crippen LogP contribution < -0.4 is 20.7 Å². The normalized spacial score (nSPS) is 15.0. The van der Waals surface area contributed by atoms with Gasteiger partial charge in [0.15, 0.2) is 0 Å². The lowest BCUT2D eigenvalue weighted by molar-refractivity contribution is 0.102. The Balaban J connectivity index is 1.27. The van der Waals surface area contributed by atoms with E-state index in [0.717, 1.165) is 25.0 Å². The Kier molecular flexibility index (Phi) is 7.56. The number of hydrogen-bond acceptors (Lipinski definition) is 4. The lowest BCUT2D eigenvalue weighted by Crippen LogP contribution is -2.35. The molecule has 0 radical (unpaired) electrons. The molecule has 1 atom stereocenters. The van der Waals surface area contributed by atoms with E-state index >= 15 is 0 Å². The zero-order chi connectivity index (χ0) is 22.9. The van der Waals surface area contributed by atoms with Gasteiger partial charge in [-0.3, -0.25) is 4.79 Å². The molecule has 0 aliphatic carbocycles. The van der Waals surface area contributed by atoms with Gasteiger partial charge >= 0.3 is 6.03 Å². The van der Waals surface area contributed by atoms with E-state index in [4.69, 9.17) is 9.47 Å². The second-order valence-electron chi connectivity index (χ2n) is 7.80. The third-order valence-electron chi connectivity index (χ3n) is 5.26. The van der Waals surface area contributed by atoms with Crippen molar-refractivity contribution < 1.29 is 19.1 Å². The highest BCUT2D eigenvalue weighted by atomic mass is 16.5. The highest BCUT2D eigenvalue weighted by Crippen LogP contribution is 2.18. The molecule has 1 aliphatic heterocycles. The summed E-state index contributed by atoms with van der Waals surface area (Å²) < 4.78 is 11.3. The summed E-state index contributed by atoms with van der Waals surface area (Å²) in [6.07, 6.45) is 2.10. The van der Waals surface area contributed by atoms with Gasteiger partial charge in [-0.1, -0.05) is 36.4 Å². The van der Waals surface area contributed by atoms with E-state index in [-0.39, 0.29) is 18.0 Å². The fourth-order valence-electron chi connectivity index (χ4n) is 3.50. The number of amides is 3. The number of anilines is 2. The van der Waals surface area contributed by atoms with Crippen molar-refractivity contribution in [2.45, 2.75) is 25.6 Å². The minimum absolute atomic E-state index is 0.0931. The predicted octanol–water partition coefficient (Wildman–Crippen LogP) is 4.82. The third-order valence-corrected chi connectivity index (χ3v) is 5.26. The molecule has 3 aromatic rings. The van der Waals surface area contributed by atoms with E-state index in [1.165, 1.54) is 0 Å². The summed E-state index contributed by atoms with van der Waals surface area (Å²) in [6.45, 7) is 1.68. The number of hydrogen-bond donors (Lipinski definition) is 3. The molecule has 0 bridgehead atoms. The lowest BCUT2D eigenvalue weighted by atomic mass is 10.2. The quantitative estimate of drug-likeness (QED) is 0.464. The van der Waals surface area contributed by atoms with Crippen molar-refractivity contribution in [1.82, 2.24) is 5.32 Å². The van der Waals surface area contributed by atoms with Gasteiger partial charge in [0.1, 0.15) is 12.4 Å². The maximum absolute atomic E-state index is 12.7. The number of urea groups is 1. The van der Waals surface area contributed by atoms with Gasteiger partial charge in [0.05, 0.1) is 6.10 Å². The van der Waals surface area contributed by atoms with E-state index < -0.39 is 0 Å². The van der Waals surface area contributed by atoms with Gasteiger partial charge < -0.3 is 25.4 Å². The monoisotopic (exact) mass is 445 g/mol. The fraction of sp³-hybridized carbons (Fsp3) is 0.231. The van der Waals surface area contributed by atoms with Gasteiger partial charge in [-0.15, -0.1) is 0 Å². The molecule has 1 aliphatic rings. The molecule has 0 saturated carbocycles. The van der Waals surface area contributed by atoms with Crippen molar-refractivity contribution >= 4 is 23.3 Å². The van der Waals surface area contributed by atoms with E-state index in [9.17, 15) is 9.59 Å². The van der Waals surface area contributed by atoms with Crippen molar-refractivity contribution in [1.29, 1.82) is 0 Å². The smallest absolute Gasteiger partial charge is 0.319 e. The first-order chi connectivity index (χ1) is 16.2. The maximum Gasteiger partial charge on any atom is 0.319 e. The average molecular weight is 446 g/mol. The Bertz CT molecular complexity index is 1060. The third kappa shape index (κ3) is 6.82. The van der Waals surface area contributed by atoms with Gasteiger partial charge in [0, 0.05) is 30.1 Å². The molecule has 0 aromatic heterocycles. The Morgan fingerprint density at radius 3 is 2.39 bits per heavy atom. The second kappa shape index (κ2) is 11.2. The van der Waals surface area contributed by atoms with Crippen LogP contribution in [0.4, 0.5) is 16.2 Å². The van der Waals surface area contributed by atoms with Gasteiger partial charge in [-0.2, -0.15) is 0 Å². The van der Waals surface area contributed by atoms with E-state index in [0.29, 0.717) is 35.8 Å². The molecule has 4 rings (SSSR count). The predicted molar refractivity (Wildman–Crippen MR) is 128 cm³/mol. The first kappa shape index (κ1) is 22.4. The number of benzene rings is 3. The number of nitrogens with one attached hydrogen (secondary N) is 3. The molecule has 170 valence electrons. The molecular formula is C26H27N3O4. The average Bonchev–Trinajstić information content (AvgIpc) is 3.37. The second-order valence-corrected chi connectivity index (χ2v) is 7.80. The highest BCUT2D eigenvalue weighted by molar-refractivity contribution is 6.04. The molecule has 3 aromatic carbocycles. The molecule has 1 heterocycles. The number of carbonyl (C=O) groups excluding carboxylic acids is 2. The van der Waals surface area contributed by atoms with Crippen LogP contribution in [0.25, 0.3) is 0 Å². The van der Waals surface area contributed by atoms with E-state index in [2.05, 4.69) is 16.0 Å². The van der Waals surface area contributed by atoms with E-state index in [1.54, 1.807) is 42.5 Å². The summed E-state index contributed by atoms with van der Waals surface area (Å²) in [7, 11) is 0. The summed E-state index contributed by atoms with van der Waals surface area (Å²) in [4.78, 5) is 24.7. The van der Waals surface area contributed by atoms with Crippen molar-refractivity contribution in [2.75, 3.05) is 23.8 Å². The van der Waals surface area contributed by atoms with Gasteiger partial charge in [0.25, 0.3) is 5.91 Å². The van der Waals surface area contributed by atoms with Crippen LogP contribution in [-0.2, 0) is 11.3 Å². The number of rotatable bonds is 8. The molecule has 1 saturated heterocycles. The maximum atomic E-state index is 12.7. The molecule has 7 nitrogen and oxygen atoms in total. The molecular weight excluding hydrogens is 418 g/mol. The number of ether oxygens (including phenoxy) is 2. The van der Waals surface area contributed by atoms with Crippen LogP contribution in [0, 0.1) is 0 Å². The van der Waals surface area contributed by atoms with Crippen molar-refractivity contribution in [3.63, 3.8) is 0 Å². The lowest BCUT2D eigenvalue weighted by Gasteiger charge is -2.12. The SMILES string of the molecule is O=C(NCC1CCCO1)Nc1ccc(NC(=O)c2cccc(OCc3ccccc3)c2)cc1. The summed E-state index contributed by atoms with van der Waals surface area (Å²) in [5.74, 6) is 0.384. The van der Waals surface area contributed by atoms with Crippen molar-refractivity contribution in [3.05, 3.63) is 90.0 Å². The molecule has 1 fully saturated rings. The van der Waals surface area contributed by atoms with Crippen LogP contribution in [0.5, 0.6) is 5.75 Å². The van der Waals surface area contributed by atoms with Gasteiger partial charge in [-0.05, 0) is 60.9 Å². The molecule has 0 spiro atoms. The van der Waals surface area contributed by atoms with Crippen LogP contribution in [-0.4, -0.2) is 31.2 Å². The Hall–Kier alpha value is -3.84. The van der Waals surface area contributed by atoms with Crippen LogP contribution in [0.3, 0.4) is 0 Å². The Morgan fingerprint density at radius 1 is 0.909 bits per heavy atom. The fourth-order valence-corrected chi connectivity index (χ4v) is 3.50. The molecule has 33 heavy (non-hydrogen) atoms. The summed E-state index contributed by atoms with van der Waals surface area (Å²) in [6, 6.07) is 23.6. The first-order valence-corrected chi connectivity index (χ1v) is 11.0. The molecule has 3 amide bonds. The zero-order valence-corrected chi connectivity index (χ0v) is 18.3. The largest absolute Gasteiger partial charge is 0.489 e. The van der Waals surface area contributed by atoms with Crippen molar-refractivity contribution in [2.24, 2.45) is 0 Å². The first-order valence-electron chi connectivity index (χ1n) is 11.0. The minimum atomic E-state index is -0.283. The van der Waals surface area contributed by atoms with Crippen LogP contribution in [0.1, 0.15) is 28.8 Å². The molecule has 1 unspecified atom stereocenters. The van der Waals surface area contributed by atoms with Crippen molar-refractivity contribution in [3.8, 4) is 5.75 Å². The summed E-state index contributed by atoms with van der Waals surface area (Å²) in [5.41, 5.74) is 2.81. The van der Waals surface area contributed by atoms with Crippen LogP contribution in [0.15, 0.2) is 78.9 Å². The van der Waals surface area contributed by atoms with E-state index in [1.807, 2.05) is 36.4 Å². The molecule has 3 N–H and O–H groups in total. The van der Waals surface area contributed by atoms with Gasteiger partial charge in [0.2, 0.25) is 0 Å². The Labute approximate surface area is 193 Å². The van der Waals surface area contributed by atoms with Gasteiger partial charge in [-0.25, -0.2) is 4.79 Å². The Morgan fingerprint density at radius 2 is 1.67 bits per heavy atom. The number of carbonyl (C=O) groups is 2. The topological polar surface area (TPSA) is 88.7 Å². The van der Waals surface area contributed by atoms with Crippen LogP contribution in [0.2, 0.25) is 0 Å². The standard InChI is InChI=1S/C26H27N3O4/c30-25(20-8-4-9-23(16-20)33-18-19-6-2-1-3-7-19)28-21-11-13-22(14-12-21)29-26(31)27-17-24-10-5-15-32-24/h1-4,6-9,11-14,16,24H,5,10,15,17-18H2,(H,28,30)(H2,27,29,31). The minimum Gasteiger partial charge on any atom is -0.489 e. The summed E-state index contributed by atoms with van der Waals surface area (Å²) in [5, 5.41) is 8.45.